The molecule has 0 saturated carbocycles. The van der Waals surface area contributed by atoms with Crippen molar-refractivity contribution in [2.45, 2.75) is 40.2 Å². The van der Waals surface area contributed by atoms with Gasteiger partial charge in [-0.1, -0.05) is 26.0 Å². The van der Waals surface area contributed by atoms with Crippen LogP contribution in [-0.2, 0) is 9.53 Å². The van der Waals surface area contributed by atoms with Gasteiger partial charge in [-0.2, -0.15) is 0 Å². The molecule has 5 N–H and O–H groups in total. The van der Waals surface area contributed by atoms with E-state index in [4.69, 9.17) is 10.5 Å². The first-order chi connectivity index (χ1) is 14.0. The third-order valence-electron chi connectivity index (χ3n) is 3.35. The molecular formula is C21H28N4O5. The number of benzene rings is 1. The Morgan fingerprint density at radius 1 is 1.13 bits per heavy atom. The highest BCUT2D eigenvalue weighted by molar-refractivity contribution is 5.97. The third kappa shape index (κ3) is 7.78. The van der Waals surface area contributed by atoms with Crippen LogP contribution in [0.3, 0.4) is 0 Å². The smallest absolute Gasteiger partial charge is 0.412 e. The van der Waals surface area contributed by atoms with Crippen LogP contribution in [0.15, 0.2) is 36.5 Å². The van der Waals surface area contributed by atoms with Gasteiger partial charge in [0.1, 0.15) is 11.4 Å². The highest BCUT2D eigenvalue weighted by Crippen LogP contribution is 2.27. The molecule has 0 unspecified atom stereocenters. The summed E-state index contributed by atoms with van der Waals surface area (Å²) in [6, 6.07) is 8.19. The van der Waals surface area contributed by atoms with Crippen molar-refractivity contribution >= 4 is 23.6 Å². The van der Waals surface area contributed by atoms with Crippen molar-refractivity contribution < 1.29 is 24.2 Å². The number of ether oxygens (including phenoxy) is 1. The molecule has 2 rings (SSSR count). The van der Waals surface area contributed by atoms with Crippen LogP contribution in [0.4, 0.5) is 10.5 Å². The Kier molecular flexibility index (Phi) is 8.79. The second-order valence-corrected chi connectivity index (χ2v) is 6.95. The van der Waals surface area contributed by atoms with Crippen molar-refractivity contribution in [2.75, 3.05) is 11.9 Å². The minimum Gasteiger partial charge on any atom is -0.505 e. The second kappa shape index (κ2) is 10.8. The average Bonchev–Trinajstić information content (AvgIpc) is 2.66. The largest absolute Gasteiger partial charge is 0.505 e. The lowest BCUT2D eigenvalue weighted by molar-refractivity contribution is -0.117. The number of nitrogens with one attached hydrogen (secondary N) is 2. The first kappa shape index (κ1) is 24.4. The van der Waals surface area contributed by atoms with Gasteiger partial charge in [0.2, 0.25) is 5.91 Å². The zero-order chi connectivity index (χ0) is 22.9. The standard InChI is InChI=1S/C19H22N4O5.C2H6/c1-19(2,3)28-18(27)23-13-6-4-5-11(7-13)12-8-14(24)16(21-9-12)17(26)22-10-15(20)25;1-2/h4-9,24H,10H2,1-3H3,(H2,20,25)(H,22,26)(H,23,27);1-2H3. The molecule has 2 aromatic rings. The van der Waals surface area contributed by atoms with E-state index in [0.717, 1.165) is 0 Å². The highest BCUT2D eigenvalue weighted by Gasteiger charge is 2.17. The molecule has 1 aromatic heterocycles. The first-order valence-corrected chi connectivity index (χ1v) is 9.41. The fourth-order valence-electron chi connectivity index (χ4n) is 2.24. The predicted octanol–water partition coefficient (Wildman–Crippen LogP) is 3.04. The maximum Gasteiger partial charge on any atom is 0.412 e. The molecule has 30 heavy (non-hydrogen) atoms. The summed E-state index contributed by atoms with van der Waals surface area (Å²) >= 11 is 0. The van der Waals surface area contributed by atoms with Gasteiger partial charge in [0.25, 0.3) is 5.91 Å². The SMILES string of the molecule is CC.CC(C)(C)OC(=O)Nc1cccc(-c2cnc(C(=O)NCC(N)=O)c(O)c2)c1. The number of nitrogens with zero attached hydrogens (tertiary/aromatic N) is 1. The number of anilines is 1. The maximum atomic E-state index is 11.9. The molecule has 9 nitrogen and oxygen atoms in total. The van der Waals surface area contributed by atoms with E-state index in [-0.39, 0.29) is 18.0 Å². The quantitative estimate of drug-likeness (QED) is 0.590. The molecule has 0 atom stereocenters. The number of nitrogens with two attached hydrogens (primary N) is 1. The van der Waals surface area contributed by atoms with Crippen LogP contribution < -0.4 is 16.4 Å². The highest BCUT2D eigenvalue weighted by atomic mass is 16.6. The Morgan fingerprint density at radius 2 is 1.80 bits per heavy atom. The molecule has 0 aliphatic rings. The fraction of sp³-hybridized carbons (Fsp3) is 0.333. The van der Waals surface area contributed by atoms with E-state index in [1.54, 1.807) is 45.0 Å². The molecule has 1 heterocycles. The Bertz CT molecular complexity index is 907. The van der Waals surface area contributed by atoms with Gasteiger partial charge in [-0.05, 0) is 44.5 Å². The van der Waals surface area contributed by atoms with Crippen molar-refractivity contribution in [3.05, 3.63) is 42.2 Å². The number of carbonyl (C=O) groups is 3. The second-order valence-electron chi connectivity index (χ2n) is 6.95. The molecule has 0 saturated heterocycles. The summed E-state index contributed by atoms with van der Waals surface area (Å²) in [7, 11) is 0. The van der Waals surface area contributed by atoms with E-state index in [9.17, 15) is 19.5 Å². The van der Waals surface area contributed by atoms with Crippen LogP contribution in [0, 0.1) is 0 Å². The summed E-state index contributed by atoms with van der Waals surface area (Å²) in [5.41, 5.74) is 5.79. The minimum atomic E-state index is -0.719. The number of aromatic hydroxyl groups is 1. The van der Waals surface area contributed by atoms with Crippen molar-refractivity contribution in [3.63, 3.8) is 0 Å². The molecule has 0 aliphatic carbocycles. The van der Waals surface area contributed by atoms with Gasteiger partial charge >= 0.3 is 6.09 Å². The maximum absolute atomic E-state index is 11.9. The molecule has 9 heteroatoms. The summed E-state index contributed by atoms with van der Waals surface area (Å²) < 4.78 is 5.21. The summed E-state index contributed by atoms with van der Waals surface area (Å²) in [5, 5.41) is 15.0. The number of pyridine rings is 1. The number of carbonyl (C=O) groups excluding carboxylic acids is 3. The number of amides is 3. The van der Waals surface area contributed by atoms with Crippen molar-refractivity contribution in [2.24, 2.45) is 5.73 Å². The number of primary amides is 1. The molecule has 0 radical (unpaired) electrons. The van der Waals surface area contributed by atoms with E-state index in [0.29, 0.717) is 16.8 Å². The molecule has 3 amide bonds. The molecule has 0 aliphatic heterocycles. The molecule has 162 valence electrons. The van der Waals surface area contributed by atoms with Crippen LogP contribution in [0.2, 0.25) is 0 Å². The topological polar surface area (TPSA) is 144 Å². The lowest BCUT2D eigenvalue weighted by Crippen LogP contribution is -2.33. The van der Waals surface area contributed by atoms with Crippen LogP contribution in [0.5, 0.6) is 5.75 Å². The van der Waals surface area contributed by atoms with Gasteiger partial charge in [0.15, 0.2) is 5.69 Å². The molecule has 0 bridgehead atoms. The Labute approximate surface area is 175 Å². The van der Waals surface area contributed by atoms with Crippen LogP contribution >= 0.6 is 0 Å². The lowest BCUT2D eigenvalue weighted by Gasteiger charge is -2.19. The van der Waals surface area contributed by atoms with Gasteiger partial charge in [0.05, 0.1) is 6.54 Å². The summed E-state index contributed by atoms with van der Waals surface area (Å²) in [5.74, 6) is -1.79. The number of hydrogen-bond acceptors (Lipinski definition) is 6. The van der Waals surface area contributed by atoms with Crippen molar-refractivity contribution in [1.82, 2.24) is 10.3 Å². The summed E-state index contributed by atoms with van der Waals surface area (Å²) in [6.07, 6.45) is 0.804. The van der Waals surface area contributed by atoms with Crippen LogP contribution in [0.1, 0.15) is 45.1 Å². The number of aromatic nitrogens is 1. The van der Waals surface area contributed by atoms with E-state index in [2.05, 4.69) is 15.6 Å². The van der Waals surface area contributed by atoms with E-state index >= 15 is 0 Å². The van der Waals surface area contributed by atoms with Crippen molar-refractivity contribution in [3.8, 4) is 16.9 Å². The molecular weight excluding hydrogens is 388 g/mol. The van der Waals surface area contributed by atoms with Gasteiger partial charge in [-0.25, -0.2) is 9.78 Å². The van der Waals surface area contributed by atoms with Gasteiger partial charge in [0, 0.05) is 17.4 Å². The zero-order valence-corrected chi connectivity index (χ0v) is 17.8. The predicted molar refractivity (Wildman–Crippen MR) is 114 cm³/mol. The van der Waals surface area contributed by atoms with Crippen molar-refractivity contribution in [1.29, 1.82) is 0 Å². The lowest BCUT2D eigenvalue weighted by atomic mass is 10.1. The van der Waals surface area contributed by atoms with Crippen LogP contribution in [0.25, 0.3) is 11.1 Å². The Balaban J connectivity index is 0.00000218. The number of rotatable bonds is 5. The van der Waals surface area contributed by atoms with Gasteiger partial charge in [-0.3, -0.25) is 14.9 Å². The third-order valence-corrected chi connectivity index (χ3v) is 3.35. The fourth-order valence-corrected chi connectivity index (χ4v) is 2.24. The normalized spacial score (nSPS) is 10.3. The minimum absolute atomic E-state index is 0.229. The van der Waals surface area contributed by atoms with Gasteiger partial charge in [-0.15, -0.1) is 0 Å². The Morgan fingerprint density at radius 3 is 2.37 bits per heavy atom. The monoisotopic (exact) mass is 416 g/mol. The summed E-state index contributed by atoms with van der Waals surface area (Å²) in [6.45, 7) is 8.93. The summed E-state index contributed by atoms with van der Waals surface area (Å²) in [4.78, 5) is 38.5. The Hall–Kier alpha value is -3.62. The van der Waals surface area contributed by atoms with E-state index in [1.165, 1.54) is 12.3 Å². The molecule has 0 fully saturated rings. The van der Waals surface area contributed by atoms with E-state index in [1.807, 2.05) is 13.8 Å². The van der Waals surface area contributed by atoms with Crippen LogP contribution in [-0.4, -0.2) is 40.1 Å². The average molecular weight is 416 g/mol. The van der Waals surface area contributed by atoms with Gasteiger partial charge < -0.3 is 20.9 Å². The first-order valence-electron chi connectivity index (χ1n) is 9.41. The molecule has 1 aromatic carbocycles. The van der Waals surface area contributed by atoms with E-state index < -0.39 is 23.5 Å². The number of hydrogen-bond donors (Lipinski definition) is 4. The zero-order valence-electron chi connectivity index (χ0n) is 17.8. The molecule has 0 spiro atoms.